The lowest BCUT2D eigenvalue weighted by Crippen LogP contribution is -2.43. The van der Waals surface area contributed by atoms with Gasteiger partial charge < -0.3 is 14.4 Å². The van der Waals surface area contributed by atoms with Crippen LogP contribution >= 0.6 is 11.6 Å². The smallest absolute Gasteiger partial charge is 0.312 e. The number of hydrogen-bond donors (Lipinski definition) is 0. The zero-order valence-electron chi connectivity index (χ0n) is 17.8. The quantitative estimate of drug-likeness (QED) is 0.621. The maximum absolute atomic E-state index is 13.4. The van der Waals surface area contributed by atoms with Crippen molar-refractivity contribution in [2.75, 3.05) is 31.1 Å². The standard InChI is InChI=1S/C22H27ClN6O2/c1-25-19-18(20(30)29(22(25)31)15-14-26-10-3-2-4-11-26)28-13-5-12-27(21(28)24-19)17-8-6-16(23)7-9-17/h6-9H,2-5,10-15H2,1H3. The number of piperidine rings is 1. The summed E-state index contributed by atoms with van der Waals surface area (Å²) in [5, 5.41) is 0.674. The minimum Gasteiger partial charge on any atom is -0.312 e. The van der Waals surface area contributed by atoms with Crippen LogP contribution in [-0.4, -0.2) is 49.8 Å². The van der Waals surface area contributed by atoms with Crippen molar-refractivity contribution in [2.24, 2.45) is 7.05 Å². The number of aryl methyl sites for hydroxylation is 2. The third-order valence-corrected chi connectivity index (χ3v) is 6.70. The highest BCUT2D eigenvalue weighted by atomic mass is 35.5. The van der Waals surface area contributed by atoms with Crippen LogP contribution in [0.25, 0.3) is 11.2 Å². The SMILES string of the molecule is Cn1c(=O)n(CCN2CCCCC2)c(=O)c2c1nc1n2CCCN1c1ccc(Cl)cc1. The van der Waals surface area contributed by atoms with Crippen LogP contribution in [0.3, 0.4) is 0 Å². The van der Waals surface area contributed by atoms with Gasteiger partial charge in [-0.3, -0.25) is 13.9 Å². The van der Waals surface area contributed by atoms with Crippen LogP contribution in [0.2, 0.25) is 5.02 Å². The van der Waals surface area contributed by atoms with Crippen LogP contribution in [0.15, 0.2) is 33.9 Å². The van der Waals surface area contributed by atoms with Crippen molar-refractivity contribution in [3.63, 3.8) is 0 Å². The molecule has 2 aliphatic heterocycles. The van der Waals surface area contributed by atoms with Gasteiger partial charge >= 0.3 is 5.69 Å². The normalized spacial score (nSPS) is 17.3. The van der Waals surface area contributed by atoms with E-state index in [9.17, 15) is 9.59 Å². The molecule has 0 N–H and O–H groups in total. The molecular weight excluding hydrogens is 416 g/mol. The predicted molar refractivity (Wildman–Crippen MR) is 123 cm³/mol. The zero-order chi connectivity index (χ0) is 21.5. The summed E-state index contributed by atoms with van der Waals surface area (Å²) in [5.74, 6) is 0.699. The molecule has 8 nitrogen and oxygen atoms in total. The fourth-order valence-electron chi connectivity index (χ4n) is 4.75. The minimum atomic E-state index is -0.303. The van der Waals surface area contributed by atoms with Crippen LogP contribution < -0.4 is 16.1 Å². The highest BCUT2D eigenvalue weighted by Crippen LogP contribution is 2.31. The molecule has 2 aromatic heterocycles. The summed E-state index contributed by atoms with van der Waals surface area (Å²) >= 11 is 6.05. The summed E-state index contributed by atoms with van der Waals surface area (Å²) in [6.45, 7) is 4.70. The Morgan fingerprint density at radius 2 is 1.68 bits per heavy atom. The third kappa shape index (κ3) is 3.57. The van der Waals surface area contributed by atoms with E-state index in [1.165, 1.54) is 28.4 Å². The van der Waals surface area contributed by atoms with Gasteiger partial charge in [-0.15, -0.1) is 0 Å². The monoisotopic (exact) mass is 442 g/mol. The van der Waals surface area contributed by atoms with Gasteiger partial charge in [-0.1, -0.05) is 18.0 Å². The Kier molecular flexibility index (Phi) is 5.35. The molecule has 0 aliphatic carbocycles. The molecule has 0 amide bonds. The molecule has 1 fully saturated rings. The Morgan fingerprint density at radius 1 is 0.935 bits per heavy atom. The average molecular weight is 443 g/mol. The van der Waals surface area contributed by atoms with Gasteiger partial charge in [-0.05, 0) is 56.6 Å². The number of likely N-dealkylation sites (tertiary alicyclic amines) is 1. The van der Waals surface area contributed by atoms with Gasteiger partial charge in [0.05, 0.1) is 0 Å². The van der Waals surface area contributed by atoms with Crippen molar-refractivity contribution >= 4 is 34.4 Å². The minimum absolute atomic E-state index is 0.244. The van der Waals surface area contributed by atoms with Gasteiger partial charge in [0.1, 0.15) is 0 Å². The van der Waals surface area contributed by atoms with Crippen molar-refractivity contribution in [3.8, 4) is 0 Å². The van der Waals surface area contributed by atoms with Crippen molar-refractivity contribution < 1.29 is 0 Å². The molecule has 4 heterocycles. The molecule has 3 aromatic rings. The summed E-state index contributed by atoms with van der Waals surface area (Å²) in [6, 6.07) is 7.60. The molecule has 0 radical (unpaired) electrons. The van der Waals surface area contributed by atoms with E-state index < -0.39 is 0 Å². The molecule has 0 bridgehead atoms. The summed E-state index contributed by atoms with van der Waals surface area (Å²) < 4.78 is 4.86. The van der Waals surface area contributed by atoms with Gasteiger partial charge in [0.2, 0.25) is 5.95 Å². The summed E-state index contributed by atoms with van der Waals surface area (Å²) in [4.78, 5) is 35.6. The number of imidazole rings is 1. The number of hydrogen-bond acceptors (Lipinski definition) is 5. The van der Waals surface area contributed by atoms with Crippen LogP contribution in [0, 0.1) is 0 Å². The van der Waals surface area contributed by atoms with Crippen LogP contribution in [-0.2, 0) is 20.1 Å². The Labute approximate surface area is 185 Å². The van der Waals surface area contributed by atoms with E-state index in [2.05, 4.69) is 9.80 Å². The zero-order valence-corrected chi connectivity index (χ0v) is 18.5. The van der Waals surface area contributed by atoms with E-state index in [0.717, 1.165) is 38.3 Å². The van der Waals surface area contributed by atoms with E-state index in [-0.39, 0.29) is 11.2 Å². The van der Waals surface area contributed by atoms with Crippen LogP contribution in [0.4, 0.5) is 11.6 Å². The molecule has 0 saturated carbocycles. The summed E-state index contributed by atoms with van der Waals surface area (Å²) in [7, 11) is 1.70. The largest absolute Gasteiger partial charge is 0.332 e. The first-order chi connectivity index (χ1) is 15.0. The van der Waals surface area contributed by atoms with Crippen LogP contribution in [0.1, 0.15) is 25.7 Å². The highest BCUT2D eigenvalue weighted by molar-refractivity contribution is 6.30. The Hall–Kier alpha value is -2.58. The van der Waals surface area contributed by atoms with E-state index in [0.29, 0.717) is 35.2 Å². The lowest BCUT2D eigenvalue weighted by Gasteiger charge is -2.29. The lowest BCUT2D eigenvalue weighted by atomic mass is 10.1. The number of fused-ring (bicyclic) bond motifs is 3. The van der Waals surface area contributed by atoms with Crippen molar-refractivity contribution in [2.45, 2.75) is 38.8 Å². The Balaban J connectivity index is 1.57. The average Bonchev–Trinajstić information content (AvgIpc) is 3.19. The van der Waals surface area contributed by atoms with Gasteiger partial charge in [-0.2, -0.15) is 4.98 Å². The molecule has 0 unspecified atom stereocenters. The molecule has 31 heavy (non-hydrogen) atoms. The number of rotatable bonds is 4. The van der Waals surface area contributed by atoms with E-state index >= 15 is 0 Å². The first kappa shape index (κ1) is 20.3. The molecular formula is C22H27ClN6O2. The fraction of sp³-hybridized carbons (Fsp3) is 0.500. The topological polar surface area (TPSA) is 68.3 Å². The van der Waals surface area contributed by atoms with Gasteiger partial charge in [0.15, 0.2) is 11.2 Å². The number of aromatic nitrogens is 4. The number of benzene rings is 1. The predicted octanol–water partition coefficient (Wildman–Crippen LogP) is 2.58. The highest BCUT2D eigenvalue weighted by Gasteiger charge is 2.27. The van der Waals surface area contributed by atoms with E-state index in [1.807, 2.05) is 28.8 Å². The molecule has 5 rings (SSSR count). The first-order valence-corrected chi connectivity index (χ1v) is 11.4. The number of halogens is 1. The molecule has 2 aliphatic rings. The second-order valence-electron chi connectivity index (χ2n) is 8.42. The second-order valence-corrected chi connectivity index (χ2v) is 8.85. The molecule has 164 valence electrons. The van der Waals surface area contributed by atoms with Gasteiger partial charge in [0, 0.05) is 43.9 Å². The number of anilines is 2. The van der Waals surface area contributed by atoms with Crippen molar-refractivity contribution in [3.05, 3.63) is 50.1 Å². The third-order valence-electron chi connectivity index (χ3n) is 6.44. The Morgan fingerprint density at radius 3 is 2.42 bits per heavy atom. The lowest BCUT2D eigenvalue weighted by molar-refractivity contribution is 0.218. The molecule has 0 atom stereocenters. The summed E-state index contributed by atoms with van der Waals surface area (Å²) in [5.41, 5.74) is 1.38. The fourth-order valence-corrected chi connectivity index (χ4v) is 4.88. The number of nitrogens with zero attached hydrogens (tertiary/aromatic N) is 6. The molecule has 1 saturated heterocycles. The van der Waals surface area contributed by atoms with E-state index in [4.69, 9.17) is 16.6 Å². The maximum Gasteiger partial charge on any atom is 0.332 e. The summed E-state index contributed by atoms with van der Waals surface area (Å²) in [6.07, 6.45) is 4.51. The van der Waals surface area contributed by atoms with E-state index in [1.54, 1.807) is 7.05 Å². The molecule has 0 spiro atoms. The van der Waals surface area contributed by atoms with Crippen molar-refractivity contribution in [1.82, 2.24) is 23.6 Å². The van der Waals surface area contributed by atoms with Gasteiger partial charge in [0.25, 0.3) is 5.56 Å². The Bertz CT molecular complexity index is 1220. The van der Waals surface area contributed by atoms with Crippen LogP contribution in [0.5, 0.6) is 0 Å². The molecule has 9 heteroatoms. The van der Waals surface area contributed by atoms with Crippen molar-refractivity contribution in [1.29, 1.82) is 0 Å². The maximum atomic E-state index is 13.4. The van der Waals surface area contributed by atoms with Gasteiger partial charge in [-0.25, -0.2) is 4.79 Å². The second kappa shape index (κ2) is 8.16. The molecule has 1 aromatic carbocycles. The first-order valence-electron chi connectivity index (χ1n) is 11.0.